The minimum Gasteiger partial charge on any atom is -0.382 e. The molecule has 144 valence electrons. The van der Waals surface area contributed by atoms with Gasteiger partial charge in [-0.3, -0.25) is 4.68 Å². The standard InChI is InChI=1S/C21H18FN7/c1-29-20(21(9-10-21)14-5-3-2-4-6-14)27-19(28-29)15-12-25-18(23)17(26-15)13-7-8-16(22)24-11-13/h2-8,11-12H,9-10H2,1H3,(H2,23,25). The molecule has 2 N–H and O–H groups in total. The van der Waals surface area contributed by atoms with Crippen LogP contribution >= 0.6 is 0 Å². The van der Waals surface area contributed by atoms with E-state index >= 15 is 0 Å². The van der Waals surface area contributed by atoms with Crippen LogP contribution in [0.2, 0.25) is 0 Å². The monoisotopic (exact) mass is 387 g/mol. The largest absolute Gasteiger partial charge is 0.382 e. The van der Waals surface area contributed by atoms with E-state index in [1.165, 1.54) is 17.8 Å². The van der Waals surface area contributed by atoms with Gasteiger partial charge >= 0.3 is 0 Å². The molecule has 1 aromatic carbocycles. The third kappa shape index (κ3) is 2.93. The first kappa shape index (κ1) is 17.4. The van der Waals surface area contributed by atoms with Gasteiger partial charge in [0, 0.05) is 18.8 Å². The van der Waals surface area contributed by atoms with Gasteiger partial charge in [-0.25, -0.2) is 19.9 Å². The molecule has 7 nitrogen and oxygen atoms in total. The van der Waals surface area contributed by atoms with Crippen molar-refractivity contribution >= 4 is 5.82 Å². The van der Waals surface area contributed by atoms with E-state index in [2.05, 4.69) is 32.2 Å². The lowest BCUT2D eigenvalue weighted by atomic mass is 9.95. The van der Waals surface area contributed by atoms with Gasteiger partial charge in [-0.2, -0.15) is 4.39 Å². The summed E-state index contributed by atoms with van der Waals surface area (Å²) in [6.45, 7) is 0. The quantitative estimate of drug-likeness (QED) is 0.541. The fraction of sp³-hybridized carbons (Fsp3) is 0.190. The number of pyridine rings is 1. The van der Waals surface area contributed by atoms with Crippen LogP contribution in [0.1, 0.15) is 24.2 Å². The Balaban J connectivity index is 1.56. The molecule has 0 spiro atoms. The molecule has 3 aromatic heterocycles. The van der Waals surface area contributed by atoms with Gasteiger partial charge in [-0.1, -0.05) is 30.3 Å². The average Bonchev–Trinajstić information content (AvgIpc) is 3.46. The van der Waals surface area contributed by atoms with Crippen LogP contribution in [0.5, 0.6) is 0 Å². The van der Waals surface area contributed by atoms with E-state index in [4.69, 9.17) is 10.7 Å². The van der Waals surface area contributed by atoms with Crippen LogP contribution in [0.4, 0.5) is 10.2 Å². The number of hydrogen-bond donors (Lipinski definition) is 1. The Morgan fingerprint density at radius 3 is 2.48 bits per heavy atom. The van der Waals surface area contributed by atoms with Crippen molar-refractivity contribution in [1.82, 2.24) is 29.7 Å². The van der Waals surface area contributed by atoms with Crippen molar-refractivity contribution in [2.24, 2.45) is 7.05 Å². The van der Waals surface area contributed by atoms with Crippen LogP contribution in [-0.2, 0) is 12.5 Å². The van der Waals surface area contributed by atoms with Crippen molar-refractivity contribution in [1.29, 1.82) is 0 Å². The van der Waals surface area contributed by atoms with Crippen LogP contribution in [0.3, 0.4) is 0 Å². The first-order chi connectivity index (χ1) is 14.1. The zero-order valence-corrected chi connectivity index (χ0v) is 15.7. The molecule has 0 unspecified atom stereocenters. The predicted molar refractivity (Wildman–Crippen MR) is 106 cm³/mol. The molecule has 1 aliphatic rings. The van der Waals surface area contributed by atoms with E-state index in [0.29, 0.717) is 22.8 Å². The van der Waals surface area contributed by atoms with Gasteiger partial charge < -0.3 is 5.73 Å². The molecule has 0 atom stereocenters. The molecule has 1 saturated carbocycles. The number of benzene rings is 1. The van der Waals surface area contributed by atoms with E-state index in [1.807, 2.05) is 29.9 Å². The smallest absolute Gasteiger partial charge is 0.212 e. The van der Waals surface area contributed by atoms with Crippen molar-refractivity contribution in [3.63, 3.8) is 0 Å². The lowest BCUT2D eigenvalue weighted by Crippen LogP contribution is -2.15. The van der Waals surface area contributed by atoms with Crippen molar-refractivity contribution < 1.29 is 4.39 Å². The molecule has 0 aliphatic heterocycles. The van der Waals surface area contributed by atoms with Gasteiger partial charge in [-0.05, 0) is 30.5 Å². The molecule has 0 radical (unpaired) electrons. The Morgan fingerprint density at radius 1 is 1.00 bits per heavy atom. The molecule has 3 heterocycles. The lowest BCUT2D eigenvalue weighted by Gasteiger charge is -2.14. The van der Waals surface area contributed by atoms with Crippen LogP contribution in [0.25, 0.3) is 22.8 Å². The number of anilines is 1. The van der Waals surface area contributed by atoms with E-state index in [9.17, 15) is 4.39 Å². The first-order valence-electron chi connectivity index (χ1n) is 9.29. The van der Waals surface area contributed by atoms with E-state index in [1.54, 1.807) is 12.3 Å². The number of aryl methyl sites for hydroxylation is 1. The summed E-state index contributed by atoms with van der Waals surface area (Å²) >= 11 is 0. The van der Waals surface area contributed by atoms with Gasteiger partial charge in [0.15, 0.2) is 0 Å². The number of nitrogens with zero attached hydrogens (tertiary/aromatic N) is 6. The van der Waals surface area contributed by atoms with Gasteiger partial charge in [0.2, 0.25) is 11.8 Å². The van der Waals surface area contributed by atoms with Crippen LogP contribution < -0.4 is 5.73 Å². The van der Waals surface area contributed by atoms with E-state index < -0.39 is 5.95 Å². The molecule has 0 saturated heterocycles. The molecule has 0 amide bonds. The molecule has 5 rings (SSSR count). The van der Waals surface area contributed by atoms with Crippen molar-refractivity contribution in [3.05, 3.63) is 72.2 Å². The summed E-state index contributed by atoms with van der Waals surface area (Å²) in [7, 11) is 1.89. The predicted octanol–water partition coefficient (Wildman–Crippen LogP) is 3.14. The third-order valence-corrected chi connectivity index (χ3v) is 5.30. The Kier molecular flexibility index (Phi) is 3.87. The minimum atomic E-state index is -0.567. The maximum atomic E-state index is 13.2. The molecular weight excluding hydrogens is 369 g/mol. The average molecular weight is 387 g/mol. The van der Waals surface area contributed by atoms with Crippen LogP contribution in [0, 0.1) is 5.95 Å². The highest BCUT2D eigenvalue weighted by Crippen LogP contribution is 2.52. The summed E-state index contributed by atoms with van der Waals surface area (Å²) in [5.41, 5.74) is 8.63. The van der Waals surface area contributed by atoms with E-state index in [-0.39, 0.29) is 11.2 Å². The fourth-order valence-corrected chi connectivity index (χ4v) is 3.67. The van der Waals surface area contributed by atoms with Gasteiger partial charge in [0.25, 0.3) is 0 Å². The molecule has 4 aromatic rings. The second kappa shape index (κ2) is 6.44. The molecule has 0 bridgehead atoms. The second-order valence-electron chi connectivity index (χ2n) is 7.19. The number of nitrogens with two attached hydrogens (primary N) is 1. The summed E-state index contributed by atoms with van der Waals surface area (Å²) in [6.07, 6.45) is 4.99. The third-order valence-electron chi connectivity index (χ3n) is 5.30. The summed E-state index contributed by atoms with van der Waals surface area (Å²) < 4.78 is 15.0. The zero-order valence-electron chi connectivity index (χ0n) is 15.7. The minimum absolute atomic E-state index is 0.105. The maximum absolute atomic E-state index is 13.2. The fourth-order valence-electron chi connectivity index (χ4n) is 3.67. The molecule has 8 heteroatoms. The second-order valence-corrected chi connectivity index (χ2v) is 7.19. The summed E-state index contributed by atoms with van der Waals surface area (Å²) in [5, 5.41) is 4.58. The molecule has 29 heavy (non-hydrogen) atoms. The number of hydrogen-bond acceptors (Lipinski definition) is 6. The van der Waals surface area contributed by atoms with Gasteiger partial charge in [0.05, 0.1) is 11.6 Å². The maximum Gasteiger partial charge on any atom is 0.212 e. The van der Waals surface area contributed by atoms with Gasteiger partial charge in [-0.15, -0.1) is 5.10 Å². The number of aromatic nitrogens is 6. The van der Waals surface area contributed by atoms with Crippen molar-refractivity contribution in [2.75, 3.05) is 5.73 Å². The summed E-state index contributed by atoms with van der Waals surface area (Å²) in [5.74, 6) is 1.06. The Bertz CT molecular complexity index is 1180. The number of rotatable bonds is 4. The number of halogens is 1. The zero-order chi connectivity index (χ0) is 20.0. The Labute approximate surface area is 166 Å². The van der Waals surface area contributed by atoms with Crippen LogP contribution in [0.15, 0.2) is 54.9 Å². The molecule has 1 aliphatic carbocycles. The van der Waals surface area contributed by atoms with Crippen molar-refractivity contribution in [3.8, 4) is 22.8 Å². The Morgan fingerprint density at radius 2 is 1.79 bits per heavy atom. The Hall–Kier alpha value is -3.68. The first-order valence-corrected chi connectivity index (χ1v) is 9.29. The highest BCUT2D eigenvalue weighted by atomic mass is 19.1. The molecule has 1 fully saturated rings. The lowest BCUT2D eigenvalue weighted by molar-refractivity contribution is 0.584. The topological polar surface area (TPSA) is 95.4 Å². The summed E-state index contributed by atoms with van der Waals surface area (Å²) in [4.78, 5) is 17.3. The SMILES string of the molecule is Cn1nc(-c2cnc(N)c(-c3ccc(F)nc3)n2)nc1C1(c2ccccc2)CC1. The highest BCUT2D eigenvalue weighted by molar-refractivity contribution is 5.71. The molecular formula is C21H18FN7. The highest BCUT2D eigenvalue weighted by Gasteiger charge is 2.49. The van der Waals surface area contributed by atoms with Gasteiger partial charge in [0.1, 0.15) is 23.0 Å². The normalized spacial score (nSPS) is 14.7. The number of nitrogen functional groups attached to an aromatic ring is 1. The van der Waals surface area contributed by atoms with Crippen LogP contribution in [-0.4, -0.2) is 29.7 Å². The summed E-state index contributed by atoms with van der Waals surface area (Å²) in [6, 6.07) is 13.2. The van der Waals surface area contributed by atoms with Crippen molar-refractivity contribution in [2.45, 2.75) is 18.3 Å². The van der Waals surface area contributed by atoms with E-state index in [0.717, 1.165) is 18.7 Å².